The summed E-state index contributed by atoms with van der Waals surface area (Å²) >= 11 is 0. The number of fused-ring (bicyclic) bond motifs is 5. The van der Waals surface area contributed by atoms with Crippen LogP contribution < -0.4 is 5.32 Å². The molecule has 6 heteroatoms. The predicted octanol–water partition coefficient (Wildman–Crippen LogP) is 1.78. The van der Waals surface area contributed by atoms with Crippen LogP contribution in [0.4, 0.5) is 4.39 Å². The summed E-state index contributed by atoms with van der Waals surface area (Å²) in [4.78, 5) is 38.8. The Labute approximate surface area is 156 Å². The lowest BCUT2D eigenvalue weighted by Crippen LogP contribution is -2.43. The summed E-state index contributed by atoms with van der Waals surface area (Å²) in [5.41, 5.74) is 0.260. The molecule has 1 saturated heterocycles. The van der Waals surface area contributed by atoms with E-state index < -0.39 is 0 Å². The molecule has 1 aromatic carbocycles. The molecule has 27 heavy (non-hydrogen) atoms. The highest BCUT2D eigenvalue weighted by molar-refractivity contribution is 6.08. The van der Waals surface area contributed by atoms with Gasteiger partial charge in [0.15, 0.2) is 0 Å². The van der Waals surface area contributed by atoms with E-state index in [-0.39, 0.29) is 59.2 Å². The van der Waals surface area contributed by atoms with Crippen LogP contribution in [0.25, 0.3) is 0 Å². The lowest BCUT2D eigenvalue weighted by molar-refractivity contribution is -0.144. The topological polar surface area (TPSA) is 66.5 Å². The minimum absolute atomic E-state index is 0.139. The Kier molecular flexibility index (Phi) is 3.55. The van der Waals surface area contributed by atoms with Gasteiger partial charge in [-0.25, -0.2) is 4.39 Å². The molecule has 0 unspecified atom stereocenters. The second-order valence-electron chi connectivity index (χ2n) is 8.30. The van der Waals surface area contributed by atoms with E-state index in [2.05, 4.69) is 5.32 Å². The van der Waals surface area contributed by atoms with Gasteiger partial charge in [-0.2, -0.15) is 0 Å². The Morgan fingerprint density at radius 3 is 2.33 bits per heavy atom. The molecule has 4 atom stereocenters. The molecular weight excluding hydrogens is 347 g/mol. The van der Waals surface area contributed by atoms with Crippen molar-refractivity contribution >= 4 is 17.7 Å². The van der Waals surface area contributed by atoms with Gasteiger partial charge in [0.05, 0.1) is 11.8 Å². The second kappa shape index (κ2) is 5.75. The van der Waals surface area contributed by atoms with E-state index in [9.17, 15) is 18.8 Å². The van der Waals surface area contributed by atoms with Crippen LogP contribution in [0.3, 0.4) is 0 Å². The molecule has 2 saturated carbocycles. The van der Waals surface area contributed by atoms with Gasteiger partial charge in [0.1, 0.15) is 12.4 Å². The molecular formula is C21H21FN2O3. The fourth-order valence-corrected chi connectivity index (χ4v) is 5.17. The monoisotopic (exact) mass is 368 g/mol. The summed E-state index contributed by atoms with van der Waals surface area (Å²) in [5, 5.41) is 2.82. The summed E-state index contributed by atoms with van der Waals surface area (Å²) in [6, 6.07) is 6.63. The summed E-state index contributed by atoms with van der Waals surface area (Å²) in [5.74, 6) is -1.34. The quantitative estimate of drug-likeness (QED) is 0.636. The van der Waals surface area contributed by atoms with Crippen LogP contribution in [0, 0.1) is 29.5 Å². The van der Waals surface area contributed by atoms with E-state index in [0.29, 0.717) is 12.1 Å². The van der Waals surface area contributed by atoms with Crippen LogP contribution in [0.5, 0.6) is 0 Å². The van der Waals surface area contributed by atoms with Crippen LogP contribution in [0.2, 0.25) is 0 Å². The normalized spacial score (nSPS) is 32.1. The fraction of sp³-hybridized carbons (Fsp3) is 0.476. The van der Waals surface area contributed by atoms with Crippen molar-refractivity contribution in [2.24, 2.45) is 23.7 Å². The maximum absolute atomic E-state index is 14.1. The highest BCUT2D eigenvalue weighted by atomic mass is 19.1. The highest BCUT2D eigenvalue weighted by Gasteiger charge is 2.59. The number of imide groups is 1. The zero-order valence-electron chi connectivity index (χ0n) is 14.9. The average molecular weight is 368 g/mol. The molecule has 5 nitrogen and oxygen atoms in total. The second-order valence-corrected chi connectivity index (χ2v) is 8.30. The minimum Gasteiger partial charge on any atom is -0.354 e. The maximum Gasteiger partial charge on any atom is 0.240 e. The number of benzene rings is 1. The SMILES string of the molecule is O=C(CN1C(=O)[C@@H]2[C@@H](C1=O)[C@H]1C=C[C@H]2C1)NCC1(c2ccccc2F)CC1. The largest absolute Gasteiger partial charge is 0.354 e. The lowest BCUT2D eigenvalue weighted by Gasteiger charge is -2.20. The van der Waals surface area contributed by atoms with Gasteiger partial charge in [0, 0.05) is 12.0 Å². The van der Waals surface area contributed by atoms with Crippen LogP contribution in [-0.4, -0.2) is 35.7 Å². The number of nitrogens with zero attached hydrogens (tertiary/aromatic N) is 1. The summed E-state index contributed by atoms with van der Waals surface area (Å²) in [7, 11) is 0. The summed E-state index contributed by atoms with van der Waals surface area (Å²) in [6.45, 7) is 0.0834. The van der Waals surface area contributed by atoms with Gasteiger partial charge in [-0.1, -0.05) is 30.4 Å². The zero-order valence-corrected chi connectivity index (χ0v) is 14.9. The van der Waals surface area contributed by atoms with Gasteiger partial charge in [-0.15, -0.1) is 0 Å². The van der Waals surface area contributed by atoms with Crippen molar-refractivity contribution in [2.75, 3.05) is 13.1 Å². The number of halogens is 1. The molecule has 0 radical (unpaired) electrons. The van der Waals surface area contributed by atoms with Crippen molar-refractivity contribution < 1.29 is 18.8 Å². The average Bonchev–Trinajstić information content (AvgIpc) is 3.04. The molecule has 0 aromatic heterocycles. The van der Waals surface area contributed by atoms with E-state index >= 15 is 0 Å². The van der Waals surface area contributed by atoms with E-state index in [1.807, 2.05) is 12.2 Å². The third-order valence-electron chi connectivity index (χ3n) is 6.79. The number of likely N-dealkylation sites (tertiary alicyclic amines) is 1. The number of hydrogen-bond acceptors (Lipinski definition) is 3. The first-order chi connectivity index (χ1) is 13.0. The van der Waals surface area contributed by atoms with E-state index in [0.717, 1.165) is 24.2 Å². The molecule has 0 spiro atoms. The van der Waals surface area contributed by atoms with Crippen LogP contribution in [0.15, 0.2) is 36.4 Å². The van der Waals surface area contributed by atoms with Crippen LogP contribution >= 0.6 is 0 Å². The molecule has 1 aliphatic heterocycles. The molecule has 1 heterocycles. The van der Waals surface area contributed by atoms with Crippen LogP contribution in [-0.2, 0) is 19.8 Å². The number of nitrogens with one attached hydrogen (secondary N) is 1. The van der Waals surface area contributed by atoms with Crippen molar-refractivity contribution in [2.45, 2.75) is 24.7 Å². The van der Waals surface area contributed by atoms with Gasteiger partial charge in [-0.3, -0.25) is 19.3 Å². The van der Waals surface area contributed by atoms with E-state index in [4.69, 9.17) is 0 Å². The lowest BCUT2D eigenvalue weighted by atomic mass is 9.85. The molecule has 1 N–H and O–H groups in total. The molecule has 3 fully saturated rings. The zero-order chi connectivity index (χ0) is 18.8. The number of rotatable bonds is 5. The third-order valence-corrected chi connectivity index (χ3v) is 6.79. The molecule has 140 valence electrons. The van der Waals surface area contributed by atoms with Crippen molar-refractivity contribution in [3.8, 4) is 0 Å². The first-order valence-corrected chi connectivity index (χ1v) is 9.55. The summed E-state index contributed by atoms with van der Waals surface area (Å²) in [6.07, 6.45) is 6.57. The molecule has 3 aliphatic carbocycles. The van der Waals surface area contributed by atoms with Gasteiger partial charge in [0.2, 0.25) is 17.7 Å². The highest BCUT2D eigenvalue weighted by Crippen LogP contribution is 2.52. The molecule has 4 aliphatic rings. The number of allylic oxidation sites excluding steroid dienone is 2. The maximum atomic E-state index is 14.1. The Hall–Kier alpha value is -2.50. The van der Waals surface area contributed by atoms with Crippen molar-refractivity contribution in [3.63, 3.8) is 0 Å². The van der Waals surface area contributed by atoms with E-state index in [1.165, 1.54) is 6.07 Å². The van der Waals surface area contributed by atoms with Gasteiger partial charge in [0.25, 0.3) is 0 Å². The number of carbonyl (C=O) groups excluding carboxylic acids is 3. The Morgan fingerprint density at radius 1 is 1.11 bits per heavy atom. The first-order valence-electron chi connectivity index (χ1n) is 9.55. The van der Waals surface area contributed by atoms with Crippen LogP contribution in [0.1, 0.15) is 24.8 Å². The first kappa shape index (κ1) is 16.7. The number of amides is 3. The Morgan fingerprint density at radius 2 is 1.74 bits per heavy atom. The molecule has 5 rings (SSSR count). The Balaban J connectivity index is 1.23. The molecule has 3 amide bonds. The van der Waals surface area contributed by atoms with Crippen molar-refractivity contribution in [1.82, 2.24) is 10.2 Å². The Bertz CT molecular complexity index is 846. The van der Waals surface area contributed by atoms with Gasteiger partial charge < -0.3 is 5.32 Å². The summed E-state index contributed by atoms with van der Waals surface area (Å²) < 4.78 is 14.1. The molecule has 2 bridgehead atoms. The van der Waals surface area contributed by atoms with Gasteiger partial charge >= 0.3 is 0 Å². The smallest absolute Gasteiger partial charge is 0.240 e. The molecule has 1 aromatic rings. The fourth-order valence-electron chi connectivity index (χ4n) is 5.17. The third kappa shape index (κ3) is 2.46. The number of hydrogen-bond donors (Lipinski definition) is 1. The van der Waals surface area contributed by atoms with E-state index in [1.54, 1.807) is 18.2 Å². The van der Waals surface area contributed by atoms with Gasteiger partial charge in [-0.05, 0) is 42.7 Å². The minimum atomic E-state index is -0.362. The standard InChI is InChI=1S/C21H21FN2O3/c22-15-4-2-1-3-14(15)21(7-8-21)11-23-16(25)10-24-19(26)17-12-5-6-13(9-12)18(17)20(24)27/h1-6,12-13,17-18H,7-11H2,(H,23,25)/t12-,13-,17-,18-/m0/s1. The predicted molar refractivity (Wildman–Crippen MR) is 94.8 cm³/mol. The number of carbonyl (C=O) groups is 3. The van der Waals surface area contributed by atoms with Crippen molar-refractivity contribution in [1.29, 1.82) is 0 Å². The van der Waals surface area contributed by atoms with Crippen molar-refractivity contribution in [3.05, 3.63) is 47.8 Å².